The first-order valence-electron chi connectivity index (χ1n) is 7.58. The Hall–Kier alpha value is -2.22. The Kier molecular flexibility index (Phi) is 6.69. The third-order valence-electron chi connectivity index (χ3n) is 3.17. The minimum absolute atomic E-state index is 0.103. The van der Waals surface area contributed by atoms with Gasteiger partial charge in [-0.25, -0.2) is 0 Å². The Morgan fingerprint density at radius 2 is 1.76 bits per heavy atom. The van der Waals surface area contributed by atoms with Gasteiger partial charge in [0, 0.05) is 6.54 Å². The molecule has 2 rings (SSSR count). The van der Waals surface area contributed by atoms with Crippen molar-refractivity contribution in [3.05, 3.63) is 46.7 Å². The standard InChI is InChI=1S/C17H18F3NO3S/c1-2-23-14-3-5-15(6-4-14)24-10-16(22)21(12-17(18,19)20)9-13-7-8-25-11-13/h3-8,11H,2,9-10,12H2,1H3. The van der Waals surface area contributed by atoms with Gasteiger partial charge in [0.15, 0.2) is 6.61 Å². The predicted octanol–water partition coefficient (Wildman–Crippen LogP) is 4.12. The molecular formula is C17H18F3NO3S. The van der Waals surface area contributed by atoms with E-state index in [4.69, 9.17) is 9.47 Å². The summed E-state index contributed by atoms with van der Waals surface area (Å²) in [5.41, 5.74) is 0.656. The van der Waals surface area contributed by atoms with Crippen LogP contribution in [0.15, 0.2) is 41.1 Å². The van der Waals surface area contributed by atoms with E-state index in [0.29, 0.717) is 23.7 Å². The maximum Gasteiger partial charge on any atom is 0.406 e. The van der Waals surface area contributed by atoms with Crippen molar-refractivity contribution in [3.63, 3.8) is 0 Å². The molecule has 0 bridgehead atoms. The van der Waals surface area contributed by atoms with Crippen LogP contribution in [0, 0.1) is 0 Å². The van der Waals surface area contributed by atoms with Crippen LogP contribution < -0.4 is 9.47 Å². The zero-order chi connectivity index (χ0) is 18.3. The number of benzene rings is 1. The maximum atomic E-state index is 12.7. The van der Waals surface area contributed by atoms with E-state index in [2.05, 4.69) is 0 Å². The number of carbonyl (C=O) groups excluding carboxylic acids is 1. The highest BCUT2D eigenvalue weighted by atomic mass is 32.1. The fourth-order valence-corrected chi connectivity index (χ4v) is 2.75. The first kappa shape index (κ1) is 19.1. The Morgan fingerprint density at radius 3 is 2.28 bits per heavy atom. The summed E-state index contributed by atoms with van der Waals surface area (Å²) in [7, 11) is 0. The molecule has 0 saturated heterocycles. The summed E-state index contributed by atoms with van der Waals surface area (Å²) in [6.45, 7) is 0.496. The van der Waals surface area contributed by atoms with Gasteiger partial charge in [-0.15, -0.1) is 0 Å². The Morgan fingerprint density at radius 1 is 1.12 bits per heavy atom. The summed E-state index contributed by atoms with van der Waals surface area (Å²) >= 11 is 1.36. The van der Waals surface area contributed by atoms with Crippen LogP contribution in [0.5, 0.6) is 11.5 Å². The predicted molar refractivity (Wildman–Crippen MR) is 88.9 cm³/mol. The third-order valence-corrected chi connectivity index (χ3v) is 3.91. The summed E-state index contributed by atoms with van der Waals surface area (Å²) in [5, 5.41) is 3.46. The fourth-order valence-electron chi connectivity index (χ4n) is 2.09. The summed E-state index contributed by atoms with van der Waals surface area (Å²) in [4.78, 5) is 12.9. The van der Waals surface area contributed by atoms with Gasteiger partial charge in [0.2, 0.25) is 0 Å². The van der Waals surface area contributed by atoms with Crippen molar-refractivity contribution >= 4 is 17.2 Å². The first-order chi connectivity index (χ1) is 11.9. The molecule has 1 amide bonds. The van der Waals surface area contributed by atoms with Crippen molar-refractivity contribution in [2.45, 2.75) is 19.6 Å². The third kappa shape index (κ3) is 6.66. The number of hydrogen-bond donors (Lipinski definition) is 0. The van der Waals surface area contributed by atoms with Gasteiger partial charge < -0.3 is 14.4 Å². The van der Waals surface area contributed by atoms with Crippen LogP contribution in [-0.2, 0) is 11.3 Å². The van der Waals surface area contributed by atoms with Gasteiger partial charge in [0.1, 0.15) is 18.0 Å². The average molecular weight is 373 g/mol. The molecule has 4 nitrogen and oxygen atoms in total. The lowest BCUT2D eigenvalue weighted by atomic mass is 10.3. The van der Waals surface area contributed by atoms with Crippen molar-refractivity contribution in [1.29, 1.82) is 0 Å². The van der Waals surface area contributed by atoms with E-state index in [0.717, 1.165) is 4.90 Å². The van der Waals surface area contributed by atoms with Crippen molar-refractivity contribution in [2.24, 2.45) is 0 Å². The van der Waals surface area contributed by atoms with E-state index in [1.54, 1.807) is 41.1 Å². The van der Waals surface area contributed by atoms with E-state index in [1.165, 1.54) is 11.3 Å². The summed E-state index contributed by atoms with van der Waals surface area (Å²) in [6, 6.07) is 8.23. The van der Waals surface area contributed by atoms with Crippen LogP contribution in [0.3, 0.4) is 0 Å². The maximum absolute atomic E-state index is 12.7. The van der Waals surface area contributed by atoms with E-state index in [9.17, 15) is 18.0 Å². The van der Waals surface area contributed by atoms with Crippen molar-refractivity contribution in [2.75, 3.05) is 19.8 Å². The number of amides is 1. The number of rotatable bonds is 8. The minimum Gasteiger partial charge on any atom is -0.494 e. The van der Waals surface area contributed by atoms with Crippen molar-refractivity contribution in [1.82, 2.24) is 4.90 Å². The van der Waals surface area contributed by atoms with Gasteiger partial charge in [0.05, 0.1) is 6.61 Å². The molecule has 0 atom stereocenters. The smallest absolute Gasteiger partial charge is 0.406 e. The zero-order valence-electron chi connectivity index (χ0n) is 13.6. The highest BCUT2D eigenvalue weighted by molar-refractivity contribution is 7.07. The number of thiophene rings is 1. The lowest BCUT2D eigenvalue weighted by Crippen LogP contribution is -2.40. The molecule has 1 aromatic heterocycles. The number of nitrogens with zero attached hydrogens (tertiary/aromatic N) is 1. The van der Waals surface area contributed by atoms with Gasteiger partial charge >= 0.3 is 6.18 Å². The van der Waals surface area contributed by atoms with Gasteiger partial charge in [-0.2, -0.15) is 24.5 Å². The molecule has 0 aliphatic carbocycles. The molecular weight excluding hydrogens is 355 g/mol. The molecule has 0 radical (unpaired) electrons. The number of halogens is 3. The van der Waals surface area contributed by atoms with Gasteiger partial charge in [-0.05, 0) is 53.6 Å². The quantitative estimate of drug-likeness (QED) is 0.699. The number of alkyl halides is 3. The largest absolute Gasteiger partial charge is 0.494 e. The molecule has 0 saturated carbocycles. The van der Waals surface area contributed by atoms with E-state index in [-0.39, 0.29) is 6.54 Å². The average Bonchev–Trinajstić information content (AvgIpc) is 3.05. The molecule has 1 aromatic carbocycles. The lowest BCUT2D eigenvalue weighted by Gasteiger charge is -2.23. The molecule has 0 aliphatic heterocycles. The summed E-state index contributed by atoms with van der Waals surface area (Å²) < 4.78 is 48.8. The van der Waals surface area contributed by atoms with Crippen molar-refractivity contribution in [3.8, 4) is 11.5 Å². The molecule has 25 heavy (non-hydrogen) atoms. The van der Waals surface area contributed by atoms with Crippen LogP contribution >= 0.6 is 11.3 Å². The van der Waals surface area contributed by atoms with Crippen LogP contribution in [-0.4, -0.2) is 36.7 Å². The second-order valence-electron chi connectivity index (χ2n) is 5.19. The normalized spacial score (nSPS) is 11.2. The topological polar surface area (TPSA) is 38.8 Å². The number of carbonyl (C=O) groups is 1. The molecule has 0 unspecified atom stereocenters. The highest BCUT2D eigenvalue weighted by Gasteiger charge is 2.33. The minimum atomic E-state index is -4.47. The van der Waals surface area contributed by atoms with Gasteiger partial charge in [-0.1, -0.05) is 0 Å². The van der Waals surface area contributed by atoms with E-state index < -0.39 is 25.2 Å². The molecule has 0 fully saturated rings. The van der Waals surface area contributed by atoms with Crippen LogP contribution in [0.4, 0.5) is 13.2 Å². The SMILES string of the molecule is CCOc1ccc(OCC(=O)N(Cc2ccsc2)CC(F)(F)F)cc1. The number of hydrogen-bond acceptors (Lipinski definition) is 4. The molecule has 1 heterocycles. The summed E-state index contributed by atoms with van der Waals surface area (Å²) in [6.07, 6.45) is -4.47. The first-order valence-corrected chi connectivity index (χ1v) is 8.53. The van der Waals surface area contributed by atoms with Gasteiger partial charge in [-0.3, -0.25) is 4.79 Å². The Labute approximate surface area is 147 Å². The van der Waals surface area contributed by atoms with E-state index >= 15 is 0 Å². The monoisotopic (exact) mass is 373 g/mol. The van der Waals surface area contributed by atoms with E-state index in [1.807, 2.05) is 6.92 Å². The molecule has 8 heteroatoms. The van der Waals surface area contributed by atoms with Crippen LogP contribution in [0.25, 0.3) is 0 Å². The lowest BCUT2D eigenvalue weighted by molar-refractivity contribution is -0.163. The summed E-state index contributed by atoms with van der Waals surface area (Å²) in [5.74, 6) is 0.314. The molecule has 0 N–H and O–H groups in total. The Bertz CT molecular complexity index is 657. The molecule has 0 aliphatic rings. The second-order valence-corrected chi connectivity index (χ2v) is 5.97. The molecule has 136 valence electrons. The molecule has 2 aromatic rings. The molecule has 0 spiro atoms. The van der Waals surface area contributed by atoms with Crippen molar-refractivity contribution < 1.29 is 27.4 Å². The fraction of sp³-hybridized carbons (Fsp3) is 0.353. The van der Waals surface area contributed by atoms with Crippen LogP contribution in [0.2, 0.25) is 0 Å². The highest BCUT2D eigenvalue weighted by Crippen LogP contribution is 2.20. The van der Waals surface area contributed by atoms with Gasteiger partial charge in [0.25, 0.3) is 5.91 Å². The van der Waals surface area contributed by atoms with Crippen LogP contribution in [0.1, 0.15) is 12.5 Å². The Balaban J connectivity index is 1.95. The number of ether oxygens (including phenoxy) is 2. The zero-order valence-corrected chi connectivity index (χ0v) is 14.4. The second kappa shape index (κ2) is 8.75.